The number of halogens is 5. The average Bonchev–Trinajstić information content (AvgIpc) is 2.54. The fourth-order valence-corrected chi connectivity index (χ4v) is 2.79. The highest BCUT2D eigenvalue weighted by molar-refractivity contribution is 6.46. The SMILES string of the molecule is COCC1(F)C=C(Cl)C(=NOC)C=C1n1c(=O)cc(C(F)(F)F)n(C)c1=O. The summed E-state index contributed by atoms with van der Waals surface area (Å²) in [5, 5.41) is 3.34. The second-order valence-corrected chi connectivity index (χ2v) is 5.93. The highest BCUT2D eigenvalue weighted by Gasteiger charge is 2.41. The number of alkyl halides is 4. The highest BCUT2D eigenvalue weighted by Crippen LogP contribution is 2.34. The van der Waals surface area contributed by atoms with E-state index >= 15 is 4.39 Å². The summed E-state index contributed by atoms with van der Waals surface area (Å²) >= 11 is 5.92. The van der Waals surface area contributed by atoms with E-state index in [1.54, 1.807) is 0 Å². The molecule has 1 atom stereocenters. The van der Waals surface area contributed by atoms with Crippen LogP contribution in [0.15, 0.2) is 38.0 Å². The summed E-state index contributed by atoms with van der Waals surface area (Å²) in [5.41, 5.74) is -7.56. The number of methoxy groups -OCH3 is 1. The van der Waals surface area contributed by atoms with E-state index in [2.05, 4.69) is 9.99 Å². The molecule has 0 amide bonds. The molecule has 1 aromatic rings. The van der Waals surface area contributed by atoms with Crippen molar-refractivity contribution in [3.63, 3.8) is 0 Å². The van der Waals surface area contributed by atoms with Gasteiger partial charge in [0.2, 0.25) is 0 Å². The lowest BCUT2D eigenvalue weighted by Gasteiger charge is -2.29. The van der Waals surface area contributed by atoms with Gasteiger partial charge in [-0.25, -0.2) is 13.8 Å². The van der Waals surface area contributed by atoms with Crippen LogP contribution in [0.2, 0.25) is 0 Å². The van der Waals surface area contributed by atoms with Crippen LogP contribution in [0, 0.1) is 0 Å². The zero-order chi connectivity index (χ0) is 20.6. The van der Waals surface area contributed by atoms with E-state index < -0.39 is 41.1 Å². The van der Waals surface area contributed by atoms with Gasteiger partial charge >= 0.3 is 11.9 Å². The molecule has 1 unspecified atom stereocenters. The Labute approximate surface area is 154 Å². The van der Waals surface area contributed by atoms with E-state index in [1.807, 2.05) is 0 Å². The first-order valence-electron chi connectivity index (χ1n) is 7.27. The van der Waals surface area contributed by atoms with Crippen LogP contribution < -0.4 is 11.2 Å². The van der Waals surface area contributed by atoms with Gasteiger partial charge in [0, 0.05) is 20.2 Å². The molecule has 0 fully saturated rings. The Kier molecular flexibility index (Phi) is 5.66. The fourth-order valence-electron chi connectivity index (χ4n) is 2.53. The molecule has 0 saturated carbocycles. The van der Waals surface area contributed by atoms with Gasteiger partial charge in [-0.2, -0.15) is 13.2 Å². The van der Waals surface area contributed by atoms with Crippen LogP contribution in [-0.2, 0) is 22.8 Å². The Morgan fingerprint density at radius 3 is 2.44 bits per heavy atom. The molecule has 12 heteroatoms. The number of allylic oxidation sites excluding steroid dienone is 2. The smallest absolute Gasteiger partial charge is 0.399 e. The summed E-state index contributed by atoms with van der Waals surface area (Å²) in [6.45, 7) is -0.661. The largest absolute Gasteiger partial charge is 0.431 e. The van der Waals surface area contributed by atoms with Crippen molar-refractivity contribution in [2.45, 2.75) is 11.8 Å². The van der Waals surface area contributed by atoms with E-state index in [0.29, 0.717) is 0 Å². The molecule has 0 N–H and O–H groups in total. The van der Waals surface area contributed by atoms with Crippen molar-refractivity contribution >= 4 is 23.0 Å². The molecule has 27 heavy (non-hydrogen) atoms. The molecule has 148 valence electrons. The van der Waals surface area contributed by atoms with Gasteiger partial charge in [-0.15, -0.1) is 0 Å². The molecular formula is C15H14ClF4N3O4. The summed E-state index contributed by atoms with van der Waals surface area (Å²) in [4.78, 5) is 29.3. The maximum absolute atomic E-state index is 15.4. The Bertz CT molecular complexity index is 961. The van der Waals surface area contributed by atoms with Gasteiger partial charge in [0.05, 0.1) is 17.3 Å². The monoisotopic (exact) mass is 411 g/mol. The second kappa shape index (κ2) is 7.31. The number of aromatic nitrogens is 2. The van der Waals surface area contributed by atoms with E-state index in [4.69, 9.17) is 16.3 Å². The Morgan fingerprint density at radius 2 is 1.93 bits per heavy atom. The first-order chi connectivity index (χ1) is 12.5. The van der Waals surface area contributed by atoms with Crippen LogP contribution in [0.3, 0.4) is 0 Å². The van der Waals surface area contributed by atoms with E-state index in [-0.39, 0.29) is 25.9 Å². The lowest BCUT2D eigenvalue weighted by Crippen LogP contribution is -2.47. The lowest BCUT2D eigenvalue weighted by molar-refractivity contribution is -0.144. The molecule has 0 spiro atoms. The molecule has 1 aliphatic rings. The van der Waals surface area contributed by atoms with E-state index in [1.165, 1.54) is 7.11 Å². The first-order valence-corrected chi connectivity index (χ1v) is 7.64. The minimum atomic E-state index is -4.95. The standard InChI is InChI=1S/C15H14ClF4N3O4/c1-22-11(15(18,19)20)5-12(24)23(13(22)25)10-4-9(21-27-3)8(16)6-14(10,17)7-26-2/h4-6H,7H2,1-3H3. The zero-order valence-electron chi connectivity index (χ0n) is 14.3. The second-order valence-electron chi connectivity index (χ2n) is 5.52. The lowest BCUT2D eigenvalue weighted by atomic mass is 9.95. The maximum atomic E-state index is 15.4. The number of hydrogen-bond acceptors (Lipinski definition) is 5. The molecule has 0 radical (unpaired) electrons. The van der Waals surface area contributed by atoms with Crippen LogP contribution in [0.25, 0.3) is 5.70 Å². The van der Waals surface area contributed by atoms with Gasteiger partial charge in [0.25, 0.3) is 5.56 Å². The van der Waals surface area contributed by atoms with Crippen LogP contribution in [0.4, 0.5) is 17.6 Å². The van der Waals surface area contributed by atoms with Gasteiger partial charge < -0.3 is 9.57 Å². The molecular weight excluding hydrogens is 398 g/mol. The van der Waals surface area contributed by atoms with Gasteiger partial charge in [-0.1, -0.05) is 16.8 Å². The number of nitrogens with zero attached hydrogens (tertiary/aromatic N) is 3. The van der Waals surface area contributed by atoms with Crippen molar-refractivity contribution in [2.24, 2.45) is 12.2 Å². The number of ether oxygens (including phenoxy) is 1. The number of oxime groups is 1. The fraction of sp³-hybridized carbons (Fsp3) is 0.400. The van der Waals surface area contributed by atoms with E-state index in [9.17, 15) is 22.8 Å². The van der Waals surface area contributed by atoms with Crippen LogP contribution in [0.5, 0.6) is 0 Å². The van der Waals surface area contributed by atoms with Crippen LogP contribution >= 0.6 is 11.6 Å². The first kappa shape index (κ1) is 20.9. The molecule has 0 aromatic carbocycles. The number of hydrogen-bond donors (Lipinski definition) is 0. The van der Waals surface area contributed by atoms with E-state index in [0.717, 1.165) is 26.3 Å². The summed E-state index contributed by atoms with van der Waals surface area (Å²) in [7, 11) is 3.15. The maximum Gasteiger partial charge on any atom is 0.431 e. The van der Waals surface area contributed by atoms with Gasteiger partial charge in [-0.05, 0) is 12.2 Å². The quantitative estimate of drug-likeness (QED) is 0.560. The molecule has 2 rings (SSSR count). The average molecular weight is 412 g/mol. The molecule has 0 saturated heterocycles. The molecule has 0 bridgehead atoms. The van der Waals surface area contributed by atoms with Crippen molar-refractivity contribution in [3.05, 3.63) is 49.8 Å². The van der Waals surface area contributed by atoms with Crippen molar-refractivity contribution in [2.75, 3.05) is 20.8 Å². The molecule has 1 aromatic heterocycles. The minimum Gasteiger partial charge on any atom is -0.399 e. The summed E-state index contributed by atoms with van der Waals surface area (Å²) in [6, 6.07) is 0.197. The van der Waals surface area contributed by atoms with Crippen molar-refractivity contribution in [3.8, 4) is 0 Å². The molecule has 1 heterocycles. The Balaban J connectivity index is 2.83. The molecule has 0 aliphatic heterocycles. The molecule has 1 aliphatic carbocycles. The van der Waals surface area contributed by atoms with Crippen molar-refractivity contribution < 1.29 is 27.1 Å². The summed E-state index contributed by atoms with van der Waals surface area (Å²) in [5.74, 6) is 0. The summed E-state index contributed by atoms with van der Waals surface area (Å²) < 4.78 is 59.6. The summed E-state index contributed by atoms with van der Waals surface area (Å²) in [6.07, 6.45) is -3.19. The van der Waals surface area contributed by atoms with Crippen molar-refractivity contribution in [1.82, 2.24) is 9.13 Å². The highest BCUT2D eigenvalue weighted by atomic mass is 35.5. The predicted octanol–water partition coefficient (Wildman–Crippen LogP) is 1.90. The number of rotatable bonds is 4. The Morgan fingerprint density at radius 1 is 1.30 bits per heavy atom. The molecule has 7 nitrogen and oxygen atoms in total. The third kappa shape index (κ3) is 3.83. The van der Waals surface area contributed by atoms with Gasteiger partial charge in [-0.3, -0.25) is 9.36 Å². The predicted molar refractivity (Wildman–Crippen MR) is 89.3 cm³/mol. The van der Waals surface area contributed by atoms with Crippen LogP contribution in [-0.4, -0.2) is 41.3 Å². The zero-order valence-corrected chi connectivity index (χ0v) is 15.1. The normalized spacial score (nSPS) is 21.9. The van der Waals surface area contributed by atoms with Gasteiger partial charge in [0.1, 0.15) is 18.5 Å². The topological polar surface area (TPSA) is 74.8 Å². The van der Waals surface area contributed by atoms with Crippen molar-refractivity contribution in [1.29, 1.82) is 0 Å². The third-order valence-corrected chi connectivity index (χ3v) is 4.00. The van der Waals surface area contributed by atoms with Gasteiger partial charge in [0.15, 0.2) is 5.67 Å². The minimum absolute atomic E-state index is 0.132. The Hall–Kier alpha value is -2.40. The van der Waals surface area contributed by atoms with Crippen LogP contribution in [0.1, 0.15) is 5.69 Å². The third-order valence-electron chi connectivity index (χ3n) is 3.69.